The molecule has 90 valence electrons. The first-order chi connectivity index (χ1) is 8.77. The monoisotopic (exact) mass is 319 g/mol. The Morgan fingerprint density at radius 3 is 2.78 bits per heavy atom. The zero-order valence-corrected chi connectivity index (χ0v) is 11.8. The van der Waals surface area contributed by atoms with Gasteiger partial charge in [0.2, 0.25) is 0 Å². The Kier molecular flexibility index (Phi) is 2.93. The maximum atomic E-state index is 5.99. The Hall–Kier alpha value is -1.59. The summed E-state index contributed by atoms with van der Waals surface area (Å²) in [6.45, 7) is 0. The Balaban J connectivity index is 2.24. The minimum atomic E-state index is 0.517. The van der Waals surface area contributed by atoms with Crippen molar-refractivity contribution in [2.75, 3.05) is 5.73 Å². The zero-order chi connectivity index (χ0) is 12.5. The van der Waals surface area contributed by atoms with E-state index in [-0.39, 0.29) is 0 Å². The van der Waals surface area contributed by atoms with E-state index in [1.54, 1.807) is 11.3 Å². The van der Waals surface area contributed by atoms with Gasteiger partial charge in [0, 0.05) is 21.0 Å². The van der Waals surface area contributed by atoms with Crippen LogP contribution in [0.2, 0.25) is 0 Å². The van der Waals surface area contributed by atoms with Crippen LogP contribution in [0.5, 0.6) is 0 Å². The van der Waals surface area contributed by atoms with Gasteiger partial charge in [0.1, 0.15) is 0 Å². The molecular formula is C13H10BrN3S. The molecule has 0 saturated carbocycles. The molecule has 3 N–H and O–H groups in total. The number of nitrogen functional groups attached to an aromatic ring is 1. The molecule has 0 spiro atoms. The summed E-state index contributed by atoms with van der Waals surface area (Å²) >= 11 is 5.21. The number of nitrogens with one attached hydrogen (secondary N) is 1. The van der Waals surface area contributed by atoms with Crippen LogP contribution in [0.15, 0.2) is 45.6 Å². The van der Waals surface area contributed by atoms with Gasteiger partial charge in [-0.3, -0.25) is 5.10 Å². The molecule has 2 aromatic heterocycles. The number of nitrogens with two attached hydrogens (primary N) is 1. The van der Waals surface area contributed by atoms with Gasteiger partial charge in [-0.05, 0) is 17.5 Å². The third kappa shape index (κ3) is 1.85. The first-order valence-electron chi connectivity index (χ1n) is 5.38. The molecule has 3 rings (SSSR count). The van der Waals surface area contributed by atoms with Crippen molar-refractivity contribution in [2.45, 2.75) is 0 Å². The van der Waals surface area contributed by atoms with E-state index >= 15 is 0 Å². The van der Waals surface area contributed by atoms with Crippen molar-refractivity contribution in [1.29, 1.82) is 0 Å². The summed E-state index contributed by atoms with van der Waals surface area (Å²) in [5.41, 5.74) is 10.0. The Bertz CT molecular complexity index is 673. The van der Waals surface area contributed by atoms with Crippen molar-refractivity contribution in [3.05, 3.63) is 45.6 Å². The lowest BCUT2D eigenvalue weighted by atomic mass is 10.0. The second kappa shape index (κ2) is 4.59. The number of aromatic amines is 1. The summed E-state index contributed by atoms with van der Waals surface area (Å²) in [6.07, 6.45) is 0. The Morgan fingerprint density at radius 2 is 2.06 bits per heavy atom. The lowest BCUT2D eigenvalue weighted by Crippen LogP contribution is -1.89. The minimum Gasteiger partial charge on any atom is -0.382 e. The first kappa shape index (κ1) is 11.5. The predicted octanol–water partition coefficient (Wildman–Crippen LogP) is 4.15. The van der Waals surface area contributed by atoms with Crippen molar-refractivity contribution in [2.24, 2.45) is 0 Å². The average Bonchev–Trinajstić information content (AvgIpc) is 2.99. The number of H-pyrrole nitrogens is 1. The number of rotatable bonds is 2. The van der Waals surface area contributed by atoms with Crippen LogP contribution in [0.1, 0.15) is 0 Å². The quantitative estimate of drug-likeness (QED) is 0.745. The van der Waals surface area contributed by atoms with Gasteiger partial charge in [0.05, 0.1) is 11.3 Å². The maximum absolute atomic E-state index is 5.99. The third-order valence-corrected chi connectivity index (χ3v) is 4.12. The molecule has 3 nitrogen and oxygen atoms in total. The summed E-state index contributed by atoms with van der Waals surface area (Å²) in [5.74, 6) is 0.517. The summed E-state index contributed by atoms with van der Waals surface area (Å²) < 4.78 is 1.01. The number of anilines is 1. The molecule has 0 aliphatic rings. The first-order valence-corrected chi connectivity index (χ1v) is 7.12. The number of hydrogen-bond acceptors (Lipinski definition) is 3. The van der Waals surface area contributed by atoms with Crippen molar-refractivity contribution in [1.82, 2.24) is 10.2 Å². The number of nitrogens with zero attached hydrogens (tertiary/aromatic N) is 1. The summed E-state index contributed by atoms with van der Waals surface area (Å²) in [6, 6.07) is 10.1. The number of halogens is 1. The zero-order valence-electron chi connectivity index (χ0n) is 9.35. The molecule has 0 aliphatic heterocycles. The highest BCUT2D eigenvalue weighted by Crippen LogP contribution is 2.38. The molecule has 3 aromatic rings. The molecular weight excluding hydrogens is 310 g/mol. The lowest BCUT2D eigenvalue weighted by Gasteiger charge is -2.05. The lowest BCUT2D eigenvalue weighted by molar-refractivity contribution is 1.10. The molecule has 0 fully saturated rings. The van der Waals surface area contributed by atoms with Gasteiger partial charge in [-0.2, -0.15) is 16.4 Å². The van der Waals surface area contributed by atoms with Crippen molar-refractivity contribution >= 4 is 33.1 Å². The molecule has 18 heavy (non-hydrogen) atoms. The number of thiophene rings is 1. The summed E-state index contributed by atoms with van der Waals surface area (Å²) in [5, 5.41) is 11.3. The van der Waals surface area contributed by atoms with Crippen LogP contribution in [-0.4, -0.2) is 10.2 Å². The van der Waals surface area contributed by atoms with Crippen LogP contribution in [0, 0.1) is 0 Å². The van der Waals surface area contributed by atoms with Gasteiger partial charge in [0.25, 0.3) is 0 Å². The van der Waals surface area contributed by atoms with E-state index in [1.165, 1.54) is 0 Å². The predicted molar refractivity (Wildman–Crippen MR) is 79.4 cm³/mol. The normalized spacial score (nSPS) is 10.7. The van der Waals surface area contributed by atoms with Gasteiger partial charge in [0.15, 0.2) is 5.82 Å². The standard InChI is InChI=1S/C13H10BrN3S/c14-10-4-2-1-3-9(10)11-12(16-17-13(11)15)8-5-6-18-7-8/h1-7H,(H3,15,16,17). The molecule has 0 radical (unpaired) electrons. The highest BCUT2D eigenvalue weighted by atomic mass is 79.9. The van der Waals surface area contributed by atoms with Gasteiger partial charge >= 0.3 is 0 Å². The molecule has 0 saturated heterocycles. The van der Waals surface area contributed by atoms with Crippen molar-refractivity contribution in [3.8, 4) is 22.4 Å². The second-order valence-corrected chi connectivity index (χ2v) is 5.49. The fourth-order valence-electron chi connectivity index (χ4n) is 1.91. The highest BCUT2D eigenvalue weighted by Gasteiger charge is 2.16. The van der Waals surface area contributed by atoms with Crippen LogP contribution >= 0.6 is 27.3 Å². The maximum Gasteiger partial charge on any atom is 0.153 e. The van der Waals surface area contributed by atoms with E-state index in [9.17, 15) is 0 Å². The molecule has 0 unspecified atom stereocenters. The minimum absolute atomic E-state index is 0.517. The van der Waals surface area contributed by atoms with E-state index < -0.39 is 0 Å². The van der Waals surface area contributed by atoms with Gasteiger partial charge in [-0.15, -0.1) is 0 Å². The van der Waals surface area contributed by atoms with E-state index in [2.05, 4.69) is 37.6 Å². The van der Waals surface area contributed by atoms with Crippen LogP contribution in [0.4, 0.5) is 5.82 Å². The van der Waals surface area contributed by atoms with Crippen molar-refractivity contribution < 1.29 is 0 Å². The fraction of sp³-hybridized carbons (Fsp3) is 0. The molecule has 1 aromatic carbocycles. The van der Waals surface area contributed by atoms with Gasteiger partial charge in [-0.1, -0.05) is 34.1 Å². The summed E-state index contributed by atoms with van der Waals surface area (Å²) in [7, 11) is 0. The second-order valence-electron chi connectivity index (χ2n) is 3.85. The van der Waals surface area contributed by atoms with E-state index in [4.69, 9.17) is 5.73 Å². The van der Waals surface area contributed by atoms with E-state index in [0.29, 0.717) is 5.82 Å². The molecule has 0 bridgehead atoms. The largest absolute Gasteiger partial charge is 0.382 e. The number of aromatic nitrogens is 2. The van der Waals surface area contributed by atoms with Gasteiger partial charge in [-0.25, -0.2) is 0 Å². The molecule has 0 atom stereocenters. The average molecular weight is 320 g/mol. The van der Waals surface area contributed by atoms with Crippen LogP contribution in [0.25, 0.3) is 22.4 Å². The molecule has 0 aliphatic carbocycles. The SMILES string of the molecule is Nc1n[nH]c(-c2ccsc2)c1-c1ccccc1Br. The third-order valence-electron chi connectivity index (χ3n) is 2.75. The Morgan fingerprint density at radius 1 is 1.22 bits per heavy atom. The van der Waals surface area contributed by atoms with Crippen LogP contribution < -0.4 is 5.73 Å². The number of benzene rings is 1. The molecule has 2 heterocycles. The van der Waals surface area contributed by atoms with Gasteiger partial charge < -0.3 is 5.73 Å². The topological polar surface area (TPSA) is 54.7 Å². The smallest absolute Gasteiger partial charge is 0.153 e. The molecule has 5 heteroatoms. The number of hydrogen-bond donors (Lipinski definition) is 2. The fourth-order valence-corrected chi connectivity index (χ4v) is 3.04. The van der Waals surface area contributed by atoms with Crippen LogP contribution in [-0.2, 0) is 0 Å². The van der Waals surface area contributed by atoms with E-state index in [1.807, 2.05) is 29.6 Å². The summed E-state index contributed by atoms with van der Waals surface area (Å²) in [4.78, 5) is 0. The van der Waals surface area contributed by atoms with E-state index in [0.717, 1.165) is 26.9 Å². The highest BCUT2D eigenvalue weighted by molar-refractivity contribution is 9.10. The Labute approximate surface area is 117 Å². The van der Waals surface area contributed by atoms with Crippen LogP contribution in [0.3, 0.4) is 0 Å². The van der Waals surface area contributed by atoms with Crippen molar-refractivity contribution in [3.63, 3.8) is 0 Å². The molecule has 0 amide bonds.